The predicted octanol–water partition coefficient (Wildman–Crippen LogP) is 1.51. The van der Waals surface area contributed by atoms with Crippen LogP contribution in [0, 0.1) is 0 Å². The number of nitrogen functional groups attached to an aromatic ring is 1. The van der Waals surface area contributed by atoms with Gasteiger partial charge in [-0.3, -0.25) is 10.2 Å². The molecule has 0 unspecified atom stereocenters. The SMILES string of the molecule is CN(C)c1ccc2ccccc2c1C(=O)NN. The van der Waals surface area contributed by atoms with E-state index in [-0.39, 0.29) is 5.91 Å². The monoisotopic (exact) mass is 229 g/mol. The summed E-state index contributed by atoms with van der Waals surface area (Å²) in [6.45, 7) is 0. The standard InChI is InChI=1S/C13H15N3O/c1-16(2)11-8-7-9-5-3-4-6-10(9)12(11)13(17)15-14/h3-8H,14H2,1-2H3,(H,15,17). The minimum atomic E-state index is -0.273. The molecule has 0 aliphatic rings. The third kappa shape index (κ3) is 1.94. The number of hydrogen-bond donors (Lipinski definition) is 2. The fourth-order valence-electron chi connectivity index (χ4n) is 1.94. The highest BCUT2D eigenvalue weighted by molar-refractivity contribution is 6.11. The van der Waals surface area contributed by atoms with E-state index in [0.717, 1.165) is 16.5 Å². The molecule has 0 radical (unpaired) electrons. The lowest BCUT2D eigenvalue weighted by Crippen LogP contribution is -2.31. The van der Waals surface area contributed by atoms with Crippen molar-refractivity contribution in [1.82, 2.24) is 5.43 Å². The number of fused-ring (bicyclic) bond motifs is 1. The number of amides is 1. The molecule has 88 valence electrons. The van der Waals surface area contributed by atoms with E-state index in [1.165, 1.54) is 0 Å². The number of carbonyl (C=O) groups excluding carboxylic acids is 1. The van der Waals surface area contributed by atoms with Gasteiger partial charge in [0.1, 0.15) is 0 Å². The van der Waals surface area contributed by atoms with E-state index < -0.39 is 0 Å². The Bertz CT molecular complexity index is 564. The molecule has 17 heavy (non-hydrogen) atoms. The molecule has 2 aromatic carbocycles. The van der Waals surface area contributed by atoms with Gasteiger partial charge in [0.05, 0.1) is 5.56 Å². The third-order valence-corrected chi connectivity index (χ3v) is 2.75. The van der Waals surface area contributed by atoms with Crippen LogP contribution in [0.4, 0.5) is 5.69 Å². The van der Waals surface area contributed by atoms with Crippen LogP contribution in [0.5, 0.6) is 0 Å². The number of nitrogens with one attached hydrogen (secondary N) is 1. The maximum Gasteiger partial charge on any atom is 0.267 e. The van der Waals surface area contributed by atoms with Crippen LogP contribution in [0.1, 0.15) is 10.4 Å². The number of nitrogens with zero attached hydrogens (tertiary/aromatic N) is 1. The van der Waals surface area contributed by atoms with Crippen molar-refractivity contribution in [2.24, 2.45) is 5.84 Å². The van der Waals surface area contributed by atoms with Gasteiger partial charge in [0.15, 0.2) is 0 Å². The van der Waals surface area contributed by atoms with Crippen molar-refractivity contribution >= 4 is 22.4 Å². The Kier molecular flexibility index (Phi) is 2.97. The van der Waals surface area contributed by atoms with E-state index in [1.807, 2.05) is 55.4 Å². The number of rotatable bonds is 2. The van der Waals surface area contributed by atoms with E-state index in [2.05, 4.69) is 5.43 Å². The Morgan fingerprint density at radius 1 is 1.18 bits per heavy atom. The van der Waals surface area contributed by atoms with E-state index in [9.17, 15) is 4.79 Å². The Morgan fingerprint density at radius 2 is 1.88 bits per heavy atom. The van der Waals surface area contributed by atoms with Crippen LogP contribution in [0.3, 0.4) is 0 Å². The Balaban J connectivity index is 2.79. The van der Waals surface area contributed by atoms with Crippen LogP contribution in [-0.2, 0) is 0 Å². The lowest BCUT2D eigenvalue weighted by Gasteiger charge is -2.18. The number of hydrogen-bond acceptors (Lipinski definition) is 3. The summed E-state index contributed by atoms with van der Waals surface area (Å²) in [6.07, 6.45) is 0. The Hall–Kier alpha value is -2.07. The molecule has 0 saturated carbocycles. The molecule has 0 heterocycles. The first-order chi connectivity index (χ1) is 8.15. The summed E-state index contributed by atoms with van der Waals surface area (Å²) < 4.78 is 0. The minimum absolute atomic E-state index is 0.273. The average Bonchev–Trinajstić information content (AvgIpc) is 2.36. The molecule has 0 fully saturated rings. The van der Waals surface area contributed by atoms with Crippen molar-refractivity contribution in [2.75, 3.05) is 19.0 Å². The molecule has 4 nitrogen and oxygen atoms in total. The molecule has 2 rings (SSSR count). The number of carbonyl (C=O) groups is 1. The Labute approximate surface area is 100.0 Å². The summed E-state index contributed by atoms with van der Waals surface area (Å²) in [5.74, 6) is 4.97. The summed E-state index contributed by atoms with van der Waals surface area (Å²) in [5.41, 5.74) is 3.66. The van der Waals surface area contributed by atoms with E-state index in [1.54, 1.807) is 0 Å². The molecule has 0 atom stereocenters. The van der Waals surface area contributed by atoms with Gasteiger partial charge < -0.3 is 4.90 Å². The van der Waals surface area contributed by atoms with Crippen molar-refractivity contribution in [3.63, 3.8) is 0 Å². The van der Waals surface area contributed by atoms with Crippen molar-refractivity contribution in [3.05, 3.63) is 42.0 Å². The quantitative estimate of drug-likeness (QED) is 0.466. The smallest absolute Gasteiger partial charge is 0.267 e. The summed E-state index contributed by atoms with van der Waals surface area (Å²) in [6, 6.07) is 11.7. The van der Waals surface area contributed by atoms with Gasteiger partial charge in [-0.25, -0.2) is 5.84 Å². The van der Waals surface area contributed by atoms with Gasteiger partial charge >= 0.3 is 0 Å². The zero-order valence-electron chi connectivity index (χ0n) is 9.90. The summed E-state index contributed by atoms with van der Waals surface area (Å²) in [7, 11) is 3.80. The molecule has 3 N–H and O–H groups in total. The minimum Gasteiger partial charge on any atom is -0.377 e. The largest absolute Gasteiger partial charge is 0.377 e. The normalized spacial score (nSPS) is 10.3. The van der Waals surface area contributed by atoms with E-state index in [0.29, 0.717) is 5.56 Å². The van der Waals surface area contributed by atoms with Crippen LogP contribution in [-0.4, -0.2) is 20.0 Å². The van der Waals surface area contributed by atoms with Crippen LogP contribution in [0.25, 0.3) is 10.8 Å². The lowest BCUT2D eigenvalue weighted by molar-refractivity contribution is 0.0956. The van der Waals surface area contributed by atoms with Crippen LogP contribution in [0.15, 0.2) is 36.4 Å². The fraction of sp³-hybridized carbons (Fsp3) is 0.154. The van der Waals surface area contributed by atoms with Crippen molar-refractivity contribution < 1.29 is 4.79 Å². The van der Waals surface area contributed by atoms with Crippen molar-refractivity contribution in [3.8, 4) is 0 Å². The fourth-order valence-corrected chi connectivity index (χ4v) is 1.94. The third-order valence-electron chi connectivity index (χ3n) is 2.75. The van der Waals surface area contributed by atoms with Gasteiger partial charge in [-0.15, -0.1) is 0 Å². The number of nitrogens with two attached hydrogens (primary N) is 1. The second kappa shape index (κ2) is 4.43. The first kappa shape index (κ1) is 11.4. The maximum absolute atomic E-state index is 11.9. The molecular weight excluding hydrogens is 214 g/mol. The number of benzene rings is 2. The van der Waals surface area contributed by atoms with Gasteiger partial charge in [-0.1, -0.05) is 30.3 Å². The van der Waals surface area contributed by atoms with Crippen LogP contribution in [0.2, 0.25) is 0 Å². The van der Waals surface area contributed by atoms with E-state index in [4.69, 9.17) is 5.84 Å². The lowest BCUT2D eigenvalue weighted by atomic mass is 10.0. The summed E-state index contributed by atoms with van der Waals surface area (Å²) in [4.78, 5) is 13.8. The highest BCUT2D eigenvalue weighted by atomic mass is 16.2. The topological polar surface area (TPSA) is 58.4 Å². The average molecular weight is 229 g/mol. The zero-order valence-corrected chi connectivity index (χ0v) is 9.90. The highest BCUT2D eigenvalue weighted by Crippen LogP contribution is 2.27. The highest BCUT2D eigenvalue weighted by Gasteiger charge is 2.15. The predicted molar refractivity (Wildman–Crippen MR) is 69.9 cm³/mol. The second-order valence-electron chi connectivity index (χ2n) is 4.05. The van der Waals surface area contributed by atoms with Crippen molar-refractivity contribution in [1.29, 1.82) is 0 Å². The molecule has 0 saturated heterocycles. The zero-order chi connectivity index (χ0) is 12.4. The molecule has 0 spiro atoms. The maximum atomic E-state index is 11.9. The van der Waals surface area contributed by atoms with Gasteiger partial charge in [-0.2, -0.15) is 0 Å². The van der Waals surface area contributed by atoms with Crippen LogP contribution >= 0.6 is 0 Å². The van der Waals surface area contributed by atoms with Gasteiger partial charge in [-0.05, 0) is 16.8 Å². The van der Waals surface area contributed by atoms with Crippen molar-refractivity contribution in [2.45, 2.75) is 0 Å². The first-order valence-corrected chi connectivity index (χ1v) is 5.35. The Morgan fingerprint density at radius 3 is 2.53 bits per heavy atom. The summed E-state index contributed by atoms with van der Waals surface area (Å²) in [5, 5.41) is 1.93. The number of hydrazine groups is 1. The second-order valence-corrected chi connectivity index (χ2v) is 4.05. The first-order valence-electron chi connectivity index (χ1n) is 5.35. The van der Waals surface area contributed by atoms with E-state index >= 15 is 0 Å². The van der Waals surface area contributed by atoms with Gasteiger partial charge in [0.2, 0.25) is 0 Å². The molecule has 0 aliphatic heterocycles. The molecule has 2 aromatic rings. The molecule has 4 heteroatoms. The van der Waals surface area contributed by atoms with Gasteiger partial charge in [0, 0.05) is 19.8 Å². The molecule has 0 bridgehead atoms. The van der Waals surface area contributed by atoms with Gasteiger partial charge in [0.25, 0.3) is 5.91 Å². The molecular formula is C13H15N3O. The molecule has 1 amide bonds. The molecule has 0 aliphatic carbocycles. The van der Waals surface area contributed by atoms with Crippen LogP contribution < -0.4 is 16.2 Å². The molecule has 0 aromatic heterocycles. The summed E-state index contributed by atoms with van der Waals surface area (Å²) >= 11 is 0. The number of anilines is 1.